The average molecular weight is 299 g/mol. The maximum atomic E-state index is 11.4. The van der Waals surface area contributed by atoms with Gasteiger partial charge in [0, 0.05) is 30.5 Å². The van der Waals surface area contributed by atoms with Crippen molar-refractivity contribution in [3.05, 3.63) is 17.5 Å². The number of aromatic nitrogens is 2. The first-order valence-corrected chi connectivity index (χ1v) is 8.08. The number of carbonyl (C=O) groups excluding carboxylic acids is 1. The van der Waals surface area contributed by atoms with Crippen molar-refractivity contribution in [1.82, 2.24) is 9.97 Å². The van der Waals surface area contributed by atoms with Gasteiger partial charge in [-0.05, 0) is 6.92 Å². The van der Waals surface area contributed by atoms with E-state index in [1.165, 1.54) is 7.11 Å². The van der Waals surface area contributed by atoms with E-state index in [2.05, 4.69) is 14.7 Å². The second-order valence-electron chi connectivity index (χ2n) is 4.67. The minimum absolute atomic E-state index is 0.124. The van der Waals surface area contributed by atoms with Crippen LogP contribution in [0.15, 0.2) is 6.20 Å². The van der Waals surface area contributed by atoms with Gasteiger partial charge in [0.05, 0.1) is 25.0 Å². The standard InChI is InChI=1S/C12H17N3O4S/c1-9-10(7-11(16)19-2)8-13-12(14-9)15-3-5-20(17,18)6-4-15/h8H,3-7H2,1-2H3. The Balaban J connectivity index is 2.11. The van der Waals surface area contributed by atoms with Crippen molar-refractivity contribution in [2.24, 2.45) is 0 Å². The van der Waals surface area contributed by atoms with E-state index < -0.39 is 9.84 Å². The van der Waals surface area contributed by atoms with Crippen LogP contribution in [0, 0.1) is 6.92 Å². The summed E-state index contributed by atoms with van der Waals surface area (Å²) in [4.78, 5) is 21.6. The number of nitrogens with zero attached hydrogens (tertiary/aromatic N) is 3. The van der Waals surface area contributed by atoms with Crippen LogP contribution in [0.4, 0.5) is 5.95 Å². The predicted octanol–water partition coefficient (Wildman–Crippen LogP) is -0.265. The van der Waals surface area contributed by atoms with Crippen LogP contribution in [0.1, 0.15) is 11.3 Å². The number of sulfone groups is 1. The molecule has 0 aliphatic carbocycles. The van der Waals surface area contributed by atoms with Gasteiger partial charge in [0.2, 0.25) is 5.95 Å². The lowest BCUT2D eigenvalue weighted by Gasteiger charge is -2.26. The van der Waals surface area contributed by atoms with Gasteiger partial charge in [-0.2, -0.15) is 0 Å². The first-order valence-electron chi connectivity index (χ1n) is 6.26. The van der Waals surface area contributed by atoms with E-state index in [4.69, 9.17) is 0 Å². The lowest BCUT2D eigenvalue weighted by molar-refractivity contribution is -0.139. The molecule has 0 aromatic carbocycles. The summed E-state index contributed by atoms with van der Waals surface area (Å²) in [5, 5.41) is 0. The van der Waals surface area contributed by atoms with E-state index >= 15 is 0 Å². The number of hydrogen-bond acceptors (Lipinski definition) is 7. The molecule has 1 fully saturated rings. The largest absolute Gasteiger partial charge is 0.469 e. The number of aryl methyl sites for hydroxylation is 1. The predicted molar refractivity (Wildman–Crippen MR) is 73.4 cm³/mol. The van der Waals surface area contributed by atoms with E-state index in [0.717, 1.165) is 0 Å². The lowest BCUT2D eigenvalue weighted by atomic mass is 10.2. The van der Waals surface area contributed by atoms with E-state index in [1.54, 1.807) is 13.1 Å². The maximum absolute atomic E-state index is 11.4. The molecule has 0 amide bonds. The normalized spacial score (nSPS) is 17.8. The van der Waals surface area contributed by atoms with Crippen LogP contribution in [0.3, 0.4) is 0 Å². The van der Waals surface area contributed by atoms with Gasteiger partial charge in [0.25, 0.3) is 0 Å². The van der Waals surface area contributed by atoms with Crippen molar-refractivity contribution in [2.75, 3.05) is 36.6 Å². The van der Waals surface area contributed by atoms with E-state index in [9.17, 15) is 13.2 Å². The monoisotopic (exact) mass is 299 g/mol. The molecule has 0 bridgehead atoms. The number of rotatable bonds is 3. The van der Waals surface area contributed by atoms with Gasteiger partial charge in [-0.3, -0.25) is 4.79 Å². The first-order chi connectivity index (χ1) is 9.41. The number of esters is 1. The highest BCUT2D eigenvalue weighted by atomic mass is 32.2. The molecule has 1 aliphatic rings. The van der Waals surface area contributed by atoms with Crippen LogP contribution in [-0.2, 0) is 25.8 Å². The lowest BCUT2D eigenvalue weighted by Crippen LogP contribution is -2.41. The summed E-state index contributed by atoms with van der Waals surface area (Å²) in [5.74, 6) is 0.415. The van der Waals surface area contributed by atoms with E-state index in [1.807, 2.05) is 4.90 Å². The third-order valence-electron chi connectivity index (χ3n) is 3.26. The van der Waals surface area contributed by atoms with Gasteiger partial charge in [0.1, 0.15) is 0 Å². The Bertz CT molecular complexity index is 601. The third kappa shape index (κ3) is 3.44. The van der Waals surface area contributed by atoms with Crippen molar-refractivity contribution < 1.29 is 17.9 Å². The molecule has 0 unspecified atom stereocenters. The number of ether oxygens (including phenoxy) is 1. The number of anilines is 1. The van der Waals surface area contributed by atoms with Crippen molar-refractivity contribution in [3.8, 4) is 0 Å². The van der Waals surface area contributed by atoms with Crippen LogP contribution in [-0.4, -0.2) is 56.1 Å². The van der Waals surface area contributed by atoms with Crippen LogP contribution < -0.4 is 4.90 Å². The van der Waals surface area contributed by atoms with Crippen molar-refractivity contribution in [3.63, 3.8) is 0 Å². The van der Waals surface area contributed by atoms with Crippen LogP contribution in [0.25, 0.3) is 0 Å². The van der Waals surface area contributed by atoms with Gasteiger partial charge < -0.3 is 9.64 Å². The van der Waals surface area contributed by atoms with Crippen molar-refractivity contribution in [1.29, 1.82) is 0 Å². The summed E-state index contributed by atoms with van der Waals surface area (Å²) in [6.45, 7) is 2.60. The molecule has 1 saturated heterocycles. The molecule has 0 atom stereocenters. The summed E-state index contributed by atoms with van der Waals surface area (Å²) < 4.78 is 27.4. The fourth-order valence-corrected chi connectivity index (χ4v) is 3.15. The Morgan fingerprint density at radius 3 is 2.60 bits per heavy atom. The fraction of sp³-hybridized carbons (Fsp3) is 0.583. The Kier molecular flexibility index (Phi) is 4.22. The average Bonchev–Trinajstić information content (AvgIpc) is 2.41. The summed E-state index contributed by atoms with van der Waals surface area (Å²) in [6.07, 6.45) is 1.73. The summed E-state index contributed by atoms with van der Waals surface area (Å²) >= 11 is 0. The molecule has 1 aromatic rings. The second kappa shape index (κ2) is 5.74. The first kappa shape index (κ1) is 14.7. The molecule has 1 aliphatic heterocycles. The molecule has 8 heteroatoms. The van der Waals surface area contributed by atoms with Gasteiger partial charge in [-0.1, -0.05) is 0 Å². The Labute approximate surface area is 117 Å². The van der Waals surface area contributed by atoms with Gasteiger partial charge >= 0.3 is 5.97 Å². The second-order valence-corrected chi connectivity index (χ2v) is 6.98. The fourth-order valence-electron chi connectivity index (χ4n) is 1.95. The SMILES string of the molecule is COC(=O)Cc1cnc(N2CCS(=O)(=O)CC2)nc1C. The molecule has 0 saturated carbocycles. The third-order valence-corrected chi connectivity index (χ3v) is 4.87. The Hall–Kier alpha value is -1.70. The van der Waals surface area contributed by atoms with Crippen molar-refractivity contribution >= 4 is 21.8 Å². The Morgan fingerprint density at radius 1 is 1.40 bits per heavy atom. The molecule has 0 radical (unpaired) electrons. The van der Waals surface area contributed by atoms with Gasteiger partial charge in [-0.15, -0.1) is 0 Å². The zero-order valence-electron chi connectivity index (χ0n) is 11.5. The van der Waals surface area contributed by atoms with Gasteiger partial charge in [0.15, 0.2) is 9.84 Å². The molecule has 20 heavy (non-hydrogen) atoms. The molecule has 110 valence electrons. The maximum Gasteiger partial charge on any atom is 0.310 e. The Morgan fingerprint density at radius 2 is 2.05 bits per heavy atom. The highest BCUT2D eigenvalue weighted by Gasteiger charge is 2.23. The van der Waals surface area contributed by atoms with Gasteiger partial charge in [-0.25, -0.2) is 18.4 Å². The molecule has 7 nitrogen and oxygen atoms in total. The highest BCUT2D eigenvalue weighted by Crippen LogP contribution is 2.15. The molecule has 1 aromatic heterocycles. The highest BCUT2D eigenvalue weighted by molar-refractivity contribution is 7.91. The minimum atomic E-state index is -2.92. The number of carbonyl (C=O) groups is 1. The number of methoxy groups -OCH3 is 1. The number of hydrogen-bond donors (Lipinski definition) is 0. The molecule has 2 heterocycles. The molecular weight excluding hydrogens is 282 g/mol. The molecular formula is C12H17N3O4S. The molecule has 0 spiro atoms. The van der Waals surface area contributed by atoms with E-state index in [-0.39, 0.29) is 23.9 Å². The zero-order valence-corrected chi connectivity index (χ0v) is 12.3. The summed E-state index contributed by atoms with van der Waals surface area (Å²) in [6, 6.07) is 0. The van der Waals surface area contributed by atoms with Crippen molar-refractivity contribution in [2.45, 2.75) is 13.3 Å². The van der Waals surface area contributed by atoms with E-state index in [0.29, 0.717) is 30.3 Å². The molecule has 2 rings (SSSR count). The summed E-state index contributed by atoms with van der Waals surface area (Å²) in [7, 11) is -1.59. The smallest absolute Gasteiger partial charge is 0.310 e. The minimum Gasteiger partial charge on any atom is -0.469 e. The summed E-state index contributed by atoms with van der Waals surface area (Å²) in [5.41, 5.74) is 1.42. The van der Waals surface area contributed by atoms with Crippen LogP contribution in [0.2, 0.25) is 0 Å². The van der Waals surface area contributed by atoms with Crippen LogP contribution in [0.5, 0.6) is 0 Å². The quantitative estimate of drug-likeness (QED) is 0.710. The molecule has 0 N–H and O–H groups in total. The topological polar surface area (TPSA) is 89.5 Å². The zero-order chi connectivity index (χ0) is 14.8. The van der Waals surface area contributed by atoms with Crippen LogP contribution >= 0.6 is 0 Å².